The van der Waals surface area contributed by atoms with Gasteiger partial charge in [-0.15, -0.1) is 0 Å². The van der Waals surface area contributed by atoms with Crippen molar-refractivity contribution in [2.45, 2.75) is 0 Å². The maximum atomic E-state index is 5.61. The van der Waals surface area contributed by atoms with Gasteiger partial charge in [0.05, 0.1) is 0 Å². The molecule has 0 fully saturated rings. The number of rotatable bonds is 3. The van der Waals surface area contributed by atoms with E-state index < -0.39 is 0 Å². The summed E-state index contributed by atoms with van der Waals surface area (Å²) in [6.07, 6.45) is 4.09. The summed E-state index contributed by atoms with van der Waals surface area (Å²) in [7, 11) is 0. The molecule has 0 heterocycles. The molecule has 0 aromatic heterocycles. The molecule has 0 spiro atoms. The lowest BCUT2D eigenvalue weighted by Crippen LogP contribution is -1.83. The van der Waals surface area contributed by atoms with Crippen LogP contribution in [0.4, 0.5) is 11.4 Å². The van der Waals surface area contributed by atoms with Crippen molar-refractivity contribution in [2.24, 2.45) is 0 Å². The molecule has 0 amide bonds. The summed E-state index contributed by atoms with van der Waals surface area (Å²) < 4.78 is 0. The smallest absolute Gasteiger partial charge is 0.0314 e. The van der Waals surface area contributed by atoms with Gasteiger partial charge >= 0.3 is 0 Å². The fraction of sp³-hybridized carbons (Fsp3) is 0. The maximum Gasteiger partial charge on any atom is 0.0314 e. The van der Waals surface area contributed by atoms with Crippen LogP contribution >= 0.6 is 0 Å². The van der Waals surface area contributed by atoms with Crippen molar-refractivity contribution in [1.29, 1.82) is 0 Å². The Morgan fingerprint density at radius 1 is 0.393 bits per heavy atom. The van der Waals surface area contributed by atoms with Gasteiger partial charge < -0.3 is 11.5 Å². The van der Waals surface area contributed by atoms with E-state index in [0.717, 1.165) is 22.5 Å². The van der Waals surface area contributed by atoms with E-state index in [9.17, 15) is 0 Å². The lowest BCUT2D eigenvalue weighted by Gasteiger charge is -1.98. The highest BCUT2D eigenvalue weighted by Crippen LogP contribution is 2.17. The molecule has 4 N–H and O–H groups in total. The van der Waals surface area contributed by atoms with Crippen molar-refractivity contribution in [1.82, 2.24) is 0 Å². The first-order chi connectivity index (χ1) is 13.7. The minimum Gasteiger partial charge on any atom is -0.399 e. The van der Waals surface area contributed by atoms with Crippen molar-refractivity contribution >= 4 is 23.5 Å². The zero-order valence-electron chi connectivity index (χ0n) is 15.7. The highest BCUT2D eigenvalue weighted by molar-refractivity contribution is 5.70. The molecule has 4 aromatic carbocycles. The van der Waals surface area contributed by atoms with Crippen LogP contribution in [0.3, 0.4) is 0 Å². The number of hydrogen-bond acceptors (Lipinski definition) is 2. The predicted molar refractivity (Wildman–Crippen MR) is 123 cm³/mol. The van der Waals surface area contributed by atoms with E-state index in [1.165, 1.54) is 11.1 Å². The Bertz CT molecular complexity index is 903. The Morgan fingerprint density at radius 3 is 1.04 bits per heavy atom. The second-order valence-electron chi connectivity index (χ2n) is 6.40. The van der Waals surface area contributed by atoms with Gasteiger partial charge in [0.25, 0.3) is 0 Å². The van der Waals surface area contributed by atoms with Crippen LogP contribution in [0, 0.1) is 0 Å². The van der Waals surface area contributed by atoms with Gasteiger partial charge in [-0.2, -0.15) is 0 Å². The first-order valence-electron chi connectivity index (χ1n) is 9.20. The van der Waals surface area contributed by atoms with Gasteiger partial charge in [-0.05, 0) is 46.5 Å². The number of nitrogens with two attached hydrogens (primary N) is 2. The van der Waals surface area contributed by atoms with Crippen LogP contribution in [-0.2, 0) is 0 Å². The number of hydrogen-bond donors (Lipinski definition) is 2. The molecule has 0 aliphatic rings. The summed E-state index contributed by atoms with van der Waals surface area (Å²) in [6.45, 7) is 0. The van der Waals surface area contributed by atoms with Crippen LogP contribution < -0.4 is 11.5 Å². The second kappa shape index (κ2) is 9.79. The average molecular weight is 364 g/mol. The lowest BCUT2D eigenvalue weighted by atomic mass is 10.1. The Balaban J connectivity index is 0.000000167. The van der Waals surface area contributed by atoms with Crippen LogP contribution in [0.2, 0.25) is 0 Å². The minimum atomic E-state index is 0.782. The minimum absolute atomic E-state index is 0.782. The molecule has 0 atom stereocenters. The van der Waals surface area contributed by atoms with E-state index in [0.29, 0.717) is 0 Å². The summed E-state index contributed by atoms with van der Waals surface area (Å²) in [4.78, 5) is 0. The standard InChI is InChI=1S/C14H14N2.C12H10/c15-13-7-3-11(4-8-13)1-2-12-5-9-14(16)10-6-12;1-3-7-11(8-4-1)12-9-5-2-6-10-12/h1-10H,15-16H2;1-10H. The Labute approximate surface area is 166 Å². The van der Waals surface area contributed by atoms with E-state index in [4.69, 9.17) is 11.5 Å². The topological polar surface area (TPSA) is 52.0 Å². The Kier molecular flexibility index (Phi) is 6.64. The zero-order valence-corrected chi connectivity index (χ0v) is 15.7. The third-order valence-electron chi connectivity index (χ3n) is 4.22. The number of anilines is 2. The molecule has 0 aliphatic heterocycles. The molecule has 4 aromatic rings. The van der Waals surface area contributed by atoms with Crippen molar-refractivity contribution < 1.29 is 0 Å². The van der Waals surface area contributed by atoms with Gasteiger partial charge in [-0.3, -0.25) is 0 Å². The highest BCUT2D eigenvalue weighted by Gasteiger charge is 1.92. The van der Waals surface area contributed by atoms with Gasteiger partial charge in [0.1, 0.15) is 0 Å². The average Bonchev–Trinajstić information content (AvgIpc) is 2.76. The molecule has 0 radical (unpaired) electrons. The summed E-state index contributed by atoms with van der Waals surface area (Å²) in [5, 5.41) is 0. The summed E-state index contributed by atoms with van der Waals surface area (Å²) in [5.74, 6) is 0. The summed E-state index contributed by atoms with van der Waals surface area (Å²) >= 11 is 0. The molecule has 2 heteroatoms. The van der Waals surface area contributed by atoms with Gasteiger partial charge in [-0.25, -0.2) is 0 Å². The molecular weight excluding hydrogens is 340 g/mol. The molecule has 0 aliphatic carbocycles. The molecule has 0 saturated heterocycles. The largest absolute Gasteiger partial charge is 0.399 e. The van der Waals surface area contributed by atoms with E-state index in [1.807, 2.05) is 72.8 Å². The molecule has 138 valence electrons. The quantitative estimate of drug-likeness (QED) is 0.327. The van der Waals surface area contributed by atoms with Crippen LogP contribution in [0.25, 0.3) is 23.3 Å². The van der Waals surface area contributed by atoms with E-state index >= 15 is 0 Å². The van der Waals surface area contributed by atoms with Crippen molar-refractivity contribution in [2.75, 3.05) is 11.5 Å². The lowest BCUT2D eigenvalue weighted by molar-refractivity contribution is 1.62. The fourth-order valence-corrected chi connectivity index (χ4v) is 2.67. The van der Waals surface area contributed by atoms with Gasteiger partial charge in [0, 0.05) is 11.4 Å². The van der Waals surface area contributed by atoms with Crippen LogP contribution in [0.15, 0.2) is 109 Å². The summed E-state index contributed by atoms with van der Waals surface area (Å²) in [6, 6.07) is 36.3. The highest BCUT2D eigenvalue weighted by atomic mass is 14.5. The zero-order chi connectivity index (χ0) is 19.6. The Morgan fingerprint density at radius 2 is 0.714 bits per heavy atom. The third kappa shape index (κ3) is 5.89. The first kappa shape index (κ1) is 19.0. The van der Waals surface area contributed by atoms with Crippen LogP contribution in [0.1, 0.15) is 11.1 Å². The normalized spacial score (nSPS) is 10.3. The first-order valence-corrected chi connectivity index (χ1v) is 9.20. The number of nitrogen functional groups attached to an aromatic ring is 2. The van der Waals surface area contributed by atoms with E-state index in [1.54, 1.807) is 0 Å². The third-order valence-corrected chi connectivity index (χ3v) is 4.22. The van der Waals surface area contributed by atoms with E-state index in [-0.39, 0.29) is 0 Å². The molecular formula is C26H24N2. The van der Waals surface area contributed by atoms with Gasteiger partial charge in [-0.1, -0.05) is 97.1 Å². The van der Waals surface area contributed by atoms with E-state index in [2.05, 4.69) is 48.5 Å². The molecule has 2 nitrogen and oxygen atoms in total. The summed E-state index contributed by atoms with van der Waals surface area (Å²) in [5.41, 5.74) is 17.6. The van der Waals surface area contributed by atoms with Crippen molar-refractivity contribution in [3.63, 3.8) is 0 Å². The van der Waals surface area contributed by atoms with Crippen LogP contribution in [-0.4, -0.2) is 0 Å². The molecule has 28 heavy (non-hydrogen) atoms. The van der Waals surface area contributed by atoms with Crippen LogP contribution in [0.5, 0.6) is 0 Å². The molecule has 4 rings (SSSR count). The molecule has 0 saturated carbocycles. The predicted octanol–water partition coefficient (Wildman–Crippen LogP) is 6.38. The monoisotopic (exact) mass is 364 g/mol. The van der Waals surface area contributed by atoms with Gasteiger partial charge in [0.15, 0.2) is 0 Å². The Hall–Kier alpha value is -3.78. The van der Waals surface area contributed by atoms with Crippen molar-refractivity contribution in [3.8, 4) is 11.1 Å². The maximum absolute atomic E-state index is 5.61. The SMILES string of the molecule is Nc1ccc(C=Cc2ccc(N)cc2)cc1.c1ccc(-c2ccccc2)cc1. The van der Waals surface area contributed by atoms with Gasteiger partial charge in [0.2, 0.25) is 0 Å². The number of benzene rings is 4. The second-order valence-corrected chi connectivity index (χ2v) is 6.40. The molecule has 0 bridgehead atoms. The molecule has 0 unspecified atom stereocenters. The van der Waals surface area contributed by atoms with Crippen molar-refractivity contribution in [3.05, 3.63) is 120 Å². The fourth-order valence-electron chi connectivity index (χ4n) is 2.67.